The van der Waals surface area contributed by atoms with Crippen molar-refractivity contribution in [3.63, 3.8) is 0 Å². The second kappa shape index (κ2) is 11.2. The summed E-state index contributed by atoms with van der Waals surface area (Å²) in [6.45, 7) is 0. The summed E-state index contributed by atoms with van der Waals surface area (Å²) in [4.78, 5) is 16.1. The van der Waals surface area contributed by atoms with Gasteiger partial charge in [-0.15, -0.1) is 0 Å². The number of aliphatic hydroxyl groups is 1. The van der Waals surface area contributed by atoms with Gasteiger partial charge in [0.15, 0.2) is 5.78 Å². The number of carbonyl (C=O) groups is 1. The van der Waals surface area contributed by atoms with Gasteiger partial charge < -0.3 is 9.84 Å². The third-order valence-electron chi connectivity index (χ3n) is 6.81. The lowest BCUT2D eigenvalue weighted by Gasteiger charge is -2.42. The summed E-state index contributed by atoms with van der Waals surface area (Å²) in [7, 11) is 1.57. The van der Waals surface area contributed by atoms with Crippen LogP contribution in [0.2, 0.25) is 5.02 Å². The molecule has 0 bridgehead atoms. The van der Waals surface area contributed by atoms with E-state index in [1.165, 1.54) is 0 Å². The maximum atomic E-state index is 14.3. The average Bonchev–Trinajstić information content (AvgIpc) is 2.98. The van der Waals surface area contributed by atoms with Crippen molar-refractivity contribution in [3.8, 4) is 5.75 Å². The summed E-state index contributed by atoms with van der Waals surface area (Å²) >= 11 is 12.2. The molecule has 0 spiro atoms. The molecule has 5 nitrogen and oxygen atoms in total. The molecule has 194 valence electrons. The Morgan fingerprint density at radius 2 is 1.46 bits per heavy atom. The molecule has 5 rings (SSSR count). The summed E-state index contributed by atoms with van der Waals surface area (Å²) in [6.07, 6.45) is 0. The van der Waals surface area contributed by atoms with Gasteiger partial charge in [0.25, 0.3) is 0 Å². The number of amidine groups is 1. The number of nitrogens with one attached hydrogen (secondary N) is 1. The molecule has 0 aromatic heterocycles. The van der Waals surface area contributed by atoms with Crippen LogP contribution in [0.1, 0.15) is 27.4 Å². The molecule has 1 fully saturated rings. The predicted molar refractivity (Wildman–Crippen MR) is 160 cm³/mol. The van der Waals surface area contributed by atoms with Crippen LogP contribution >= 0.6 is 23.8 Å². The number of ether oxygens (including phenoxy) is 1. The zero-order valence-electron chi connectivity index (χ0n) is 21.0. The minimum atomic E-state index is -0.898. The topological polar surface area (TPSA) is 73.6 Å². The number of benzene rings is 4. The van der Waals surface area contributed by atoms with Crippen LogP contribution in [0.4, 0.5) is 5.69 Å². The fraction of sp³-hybridized carbons (Fsp3) is 0.0938. The summed E-state index contributed by atoms with van der Waals surface area (Å²) < 4.78 is 5.28. The number of nitrogens with zero attached hydrogens (tertiary/aromatic N) is 1. The molecule has 4 aromatic rings. The van der Waals surface area contributed by atoms with Gasteiger partial charge in [-0.05, 0) is 54.1 Å². The number of piperidine rings is 1. The monoisotopic (exact) mass is 552 g/mol. The number of methoxy groups -OCH3 is 1. The van der Waals surface area contributed by atoms with Crippen molar-refractivity contribution in [1.82, 2.24) is 0 Å². The molecule has 0 radical (unpaired) electrons. The van der Waals surface area contributed by atoms with E-state index < -0.39 is 11.8 Å². The first-order valence-corrected chi connectivity index (χ1v) is 13.1. The van der Waals surface area contributed by atoms with E-state index >= 15 is 0 Å². The maximum absolute atomic E-state index is 14.3. The van der Waals surface area contributed by atoms with Gasteiger partial charge in [0.05, 0.1) is 13.0 Å². The molecule has 0 saturated carbocycles. The van der Waals surface area contributed by atoms with E-state index in [0.29, 0.717) is 38.7 Å². The Morgan fingerprint density at radius 1 is 0.872 bits per heavy atom. The van der Waals surface area contributed by atoms with Crippen molar-refractivity contribution in [2.75, 3.05) is 12.0 Å². The van der Waals surface area contributed by atoms with Gasteiger partial charge in [-0.3, -0.25) is 15.1 Å². The molecule has 0 amide bonds. The molecule has 1 heterocycles. The van der Waals surface area contributed by atoms with Crippen LogP contribution in [-0.2, 0) is 0 Å². The van der Waals surface area contributed by atoms with Crippen molar-refractivity contribution in [2.24, 2.45) is 5.92 Å². The molecule has 7 heteroatoms. The second-order valence-corrected chi connectivity index (χ2v) is 9.94. The molecule has 39 heavy (non-hydrogen) atoms. The number of hydrogen-bond donors (Lipinski definition) is 2. The van der Waals surface area contributed by atoms with E-state index in [1.54, 1.807) is 60.5 Å². The number of hydrogen-bond acceptors (Lipinski definition) is 5. The van der Waals surface area contributed by atoms with Crippen molar-refractivity contribution < 1.29 is 14.6 Å². The van der Waals surface area contributed by atoms with E-state index in [2.05, 4.69) is 0 Å². The molecule has 2 atom stereocenters. The lowest BCUT2D eigenvalue weighted by Crippen LogP contribution is -2.51. The normalized spacial score (nSPS) is 18.6. The van der Waals surface area contributed by atoms with Crippen molar-refractivity contribution in [1.29, 1.82) is 5.41 Å². The first-order valence-electron chi connectivity index (χ1n) is 12.3. The Morgan fingerprint density at radius 3 is 2.05 bits per heavy atom. The minimum absolute atomic E-state index is 0.00582. The minimum Gasteiger partial charge on any atom is -0.507 e. The van der Waals surface area contributed by atoms with Crippen molar-refractivity contribution in [2.45, 2.75) is 5.92 Å². The second-order valence-electron chi connectivity index (χ2n) is 9.09. The number of Topliss-reactive ketones (excluding diaryl/α,β-unsaturated/α-hetero) is 1. The van der Waals surface area contributed by atoms with Crippen LogP contribution in [0.15, 0.2) is 115 Å². The Balaban J connectivity index is 1.77. The number of halogens is 1. The Hall–Kier alpha value is -4.26. The summed E-state index contributed by atoms with van der Waals surface area (Å²) in [5.41, 5.74) is 2.62. The maximum Gasteiger partial charge on any atom is 0.173 e. The van der Waals surface area contributed by atoms with Crippen LogP contribution < -0.4 is 9.64 Å². The highest BCUT2D eigenvalue weighted by molar-refractivity contribution is 7.80. The number of aliphatic hydroxyl groups excluding tert-OH is 1. The summed E-state index contributed by atoms with van der Waals surface area (Å²) in [5.74, 6) is -1.32. The zero-order valence-corrected chi connectivity index (χ0v) is 22.6. The number of carbonyl (C=O) groups excluding carboxylic acids is 1. The summed E-state index contributed by atoms with van der Waals surface area (Å²) in [5, 5.41) is 21.6. The zero-order chi connectivity index (χ0) is 27.5. The molecule has 1 aliphatic rings. The molecule has 4 aromatic carbocycles. The standard InChI is InChI=1S/C32H25ClN2O3S/c1-38-25-18-14-22(15-19-25)30(37)28-26(20-12-16-23(33)17-13-20)27(29(36)21-8-4-2-5-9-21)31(34)35(32(28)39)24-10-6-3-7-11-24/h2-19,26,28,34,36H,1H3/b29-27+,34-31?/t26-,28-/m1/s1. The highest BCUT2D eigenvalue weighted by atomic mass is 35.5. The van der Waals surface area contributed by atoms with Crippen LogP contribution in [0.3, 0.4) is 0 Å². The quantitative estimate of drug-likeness (QED) is 0.145. The highest BCUT2D eigenvalue weighted by Crippen LogP contribution is 2.45. The molecule has 2 N–H and O–H groups in total. The van der Waals surface area contributed by atoms with E-state index in [9.17, 15) is 15.3 Å². The first kappa shape index (κ1) is 26.4. The van der Waals surface area contributed by atoms with Crippen LogP contribution in [0, 0.1) is 11.3 Å². The van der Waals surface area contributed by atoms with E-state index in [0.717, 1.165) is 0 Å². The Bertz CT molecular complexity index is 1550. The molecule has 1 saturated heterocycles. The fourth-order valence-electron chi connectivity index (χ4n) is 4.90. The predicted octanol–water partition coefficient (Wildman–Crippen LogP) is 7.73. The molecule has 0 aliphatic carbocycles. The third kappa shape index (κ3) is 5.09. The number of thiocarbonyl (C=S) groups is 1. The van der Waals surface area contributed by atoms with Gasteiger partial charge in [-0.25, -0.2) is 0 Å². The van der Waals surface area contributed by atoms with Gasteiger partial charge >= 0.3 is 0 Å². The van der Waals surface area contributed by atoms with Crippen LogP contribution in [0.5, 0.6) is 5.75 Å². The Labute approximate surface area is 237 Å². The summed E-state index contributed by atoms with van der Waals surface area (Å²) in [6, 6.07) is 32.2. The molecular formula is C32H25ClN2O3S. The van der Waals surface area contributed by atoms with E-state index in [4.69, 9.17) is 28.6 Å². The van der Waals surface area contributed by atoms with Gasteiger partial charge in [0, 0.05) is 33.3 Å². The van der Waals surface area contributed by atoms with Crippen molar-refractivity contribution in [3.05, 3.63) is 136 Å². The first-order chi connectivity index (χ1) is 18.9. The smallest absolute Gasteiger partial charge is 0.173 e. The molecule has 0 unspecified atom stereocenters. The highest BCUT2D eigenvalue weighted by Gasteiger charge is 2.47. The largest absolute Gasteiger partial charge is 0.507 e. The fourth-order valence-corrected chi connectivity index (χ4v) is 5.46. The van der Waals surface area contributed by atoms with Crippen molar-refractivity contribution >= 4 is 51.9 Å². The lowest BCUT2D eigenvalue weighted by molar-refractivity contribution is 0.0946. The number of ketones is 1. The lowest BCUT2D eigenvalue weighted by atomic mass is 9.72. The number of anilines is 1. The SMILES string of the molecule is COc1ccc(C(=O)[C@@H]2C(=S)N(c3ccccc3)C(=N)/C(=C(/O)c3ccccc3)[C@H]2c2ccc(Cl)cc2)cc1. The van der Waals surface area contributed by atoms with E-state index in [-0.39, 0.29) is 22.4 Å². The number of rotatable bonds is 6. The molecule has 1 aliphatic heterocycles. The van der Waals surface area contributed by atoms with Gasteiger partial charge in [0.1, 0.15) is 22.3 Å². The van der Waals surface area contributed by atoms with Gasteiger partial charge in [-0.1, -0.05) is 84.5 Å². The van der Waals surface area contributed by atoms with Crippen LogP contribution in [0.25, 0.3) is 5.76 Å². The van der Waals surface area contributed by atoms with Gasteiger partial charge in [-0.2, -0.15) is 0 Å². The number of para-hydroxylation sites is 1. The molecular weight excluding hydrogens is 528 g/mol. The van der Waals surface area contributed by atoms with Crippen LogP contribution in [-0.4, -0.2) is 28.8 Å². The van der Waals surface area contributed by atoms with E-state index in [1.807, 2.05) is 60.7 Å². The van der Waals surface area contributed by atoms with Gasteiger partial charge in [0.2, 0.25) is 0 Å². The Kier molecular flexibility index (Phi) is 7.59. The third-order valence-corrected chi connectivity index (χ3v) is 7.50. The average molecular weight is 553 g/mol.